The van der Waals surface area contributed by atoms with Gasteiger partial charge in [-0.05, 0) is 38.6 Å². The van der Waals surface area contributed by atoms with Crippen LogP contribution in [0.1, 0.15) is 39.0 Å². The van der Waals surface area contributed by atoms with Crippen LogP contribution in [0, 0.1) is 5.92 Å². The van der Waals surface area contributed by atoms with Gasteiger partial charge in [-0.3, -0.25) is 14.5 Å². The Kier molecular flexibility index (Phi) is 4.80. The average molecular weight is 268 g/mol. The van der Waals surface area contributed by atoms with Crippen molar-refractivity contribution in [2.75, 3.05) is 26.2 Å². The summed E-state index contributed by atoms with van der Waals surface area (Å²) in [6.45, 7) is 4.90. The summed E-state index contributed by atoms with van der Waals surface area (Å²) in [5, 5.41) is 8.95. The number of piperidine rings is 1. The van der Waals surface area contributed by atoms with Crippen LogP contribution in [0.5, 0.6) is 0 Å². The van der Waals surface area contributed by atoms with Gasteiger partial charge in [0, 0.05) is 19.1 Å². The van der Waals surface area contributed by atoms with Crippen molar-refractivity contribution in [2.24, 2.45) is 5.92 Å². The van der Waals surface area contributed by atoms with E-state index in [9.17, 15) is 9.59 Å². The van der Waals surface area contributed by atoms with Crippen LogP contribution >= 0.6 is 0 Å². The zero-order chi connectivity index (χ0) is 13.8. The van der Waals surface area contributed by atoms with Crippen LogP contribution in [-0.2, 0) is 9.59 Å². The first-order valence-corrected chi connectivity index (χ1v) is 7.36. The molecule has 1 N–H and O–H groups in total. The Morgan fingerprint density at radius 1 is 1.16 bits per heavy atom. The summed E-state index contributed by atoms with van der Waals surface area (Å²) in [4.78, 5) is 27.2. The first-order chi connectivity index (χ1) is 9.11. The van der Waals surface area contributed by atoms with Gasteiger partial charge in [-0.2, -0.15) is 0 Å². The van der Waals surface area contributed by atoms with Crippen LogP contribution in [0.25, 0.3) is 0 Å². The largest absolute Gasteiger partial charge is 0.481 e. The Bertz CT molecular complexity index is 338. The number of amides is 1. The zero-order valence-electron chi connectivity index (χ0n) is 11.7. The number of carboxylic acid groups (broad SMARTS) is 1. The molecule has 0 aromatic carbocycles. The topological polar surface area (TPSA) is 60.9 Å². The quantitative estimate of drug-likeness (QED) is 0.832. The lowest BCUT2D eigenvalue weighted by Gasteiger charge is -2.32. The second-order valence-electron chi connectivity index (χ2n) is 5.67. The zero-order valence-corrected chi connectivity index (χ0v) is 11.7. The molecule has 2 saturated heterocycles. The normalized spacial score (nSPS) is 25.7. The smallest absolute Gasteiger partial charge is 0.306 e. The fraction of sp³-hybridized carbons (Fsp3) is 0.857. The highest BCUT2D eigenvalue weighted by Gasteiger charge is 2.30. The molecule has 0 bridgehead atoms. The summed E-state index contributed by atoms with van der Waals surface area (Å²) < 4.78 is 0. The molecule has 2 aliphatic heterocycles. The molecule has 2 rings (SSSR count). The number of aliphatic carboxylic acids is 1. The summed E-state index contributed by atoms with van der Waals surface area (Å²) in [6, 6.07) is 0.556. The second kappa shape index (κ2) is 6.37. The number of carbonyl (C=O) groups is 2. The van der Waals surface area contributed by atoms with Crippen LogP contribution in [0.4, 0.5) is 0 Å². The summed E-state index contributed by atoms with van der Waals surface area (Å²) >= 11 is 0. The van der Waals surface area contributed by atoms with Gasteiger partial charge < -0.3 is 10.0 Å². The van der Waals surface area contributed by atoms with Crippen molar-refractivity contribution in [3.8, 4) is 0 Å². The lowest BCUT2D eigenvalue weighted by Crippen LogP contribution is -2.46. The molecule has 2 heterocycles. The number of likely N-dealkylation sites (tertiary alicyclic amines) is 2. The molecule has 5 nitrogen and oxygen atoms in total. The molecule has 0 aromatic heterocycles. The van der Waals surface area contributed by atoms with Crippen molar-refractivity contribution in [3.63, 3.8) is 0 Å². The molecule has 5 heteroatoms. The van der Waals surface area contributed by atoms with E-state index in [2.05, 4.69) is 11.8 Å². The van der Waals surface area contributed by atoms with Crippen LogP contribution < -0.4 is 0 Å². The van der Waals surface area contributed by atoms with Crippen molar-refractivity contribution < 1.29 is 14.7 Å². The van der Waals surface area contributed by atoms with E-state index in [-0.39, 0.29) is 11.8 Å². The molecule has 0 aromatic rings. The molecule has 2 fully saturated rings. The lowest BCUT2D eigenvalue weighted by atomic mass is 9.97. The maximum absolute atomic E-state index is 12.2. The van der Waals surface area contributed by atoms with E-state index in [0.29, 0.717) is 38.5 Å². The van der Waals surface area contributed by atoms with Crippen LogP contribution in [0.3, 0.4) is 0 Å². The molecule has 1 unspecified atom stereocenters. The Hall–Kier alpha value is -1.10. The fourth-order valence-corrected chi connectivity index (χ4v) is 3.22. The molecule has 1 atom stereocenters. The Labute approximate surface area is 114 Å². The van der Waals surface area contributed by atoms with E-state index in [0.717, 1.165) is 13.0 Å². The highest BCUT2D eigenvalue weighted by Crippen LogP contribution is 2.21. The Morgan fingerprint density at radius 3 is 2.42 bits per heavy atom. The standard InChI is InChI=1S/C14H24N2O3/c1-2-12-4-3-7-16(12)10-13(17)15-8-5-11(6-9-15)14(18)19/h11-12H,2-10H2,1H3,(H,18,19). The summed E-state index contributed by atoms with van der Waals surface area (Å²) in [5.41, 5.74) is 0. The van der Waals surface area contributed by atoms with E-state index < -0.39 is 5.97 Å². The molecule has 0 radical (unpaired) electrons. The van der Waals surface area contributed by atoms with E-state index in [1.54, 1.807) is 0 Å². The third-order valence-corrected chi connectivity index (χ3v) is 4.51. The Morgan fingerprint density at radius 2 is 1.84 bits per heavy atom. The van der Waals surface area contributed by atoms with Crippen LogP contribution in [-0.4, -0.2) is 59.0 Å². The fourth-order valence-electron chi connectivity index (χ4n) is 3.22. The van der Waals surface area contributed by atoms with Gasteiger partial charge in [-0.25, -0.2) is 0 Å². The average Bonchev–Trinajstić information content (AvgIpc) is 2.86. The number of carboxylic acids is 1. The van der Waals surface area contributed by atoms with Gasteiger partial charge in [0.1, 0.15) is 0 Å². The predicted molar refractivity (Wildman–Crippen MR) is 71.8 cm³/mol. The highest BCUT2D eigenvalue weighted by atomic mass is 16.4. The van der Waals surface area contributed by atoms with Gasteiger partial charge in [-0.1, -0.05) is 6.92 Å². The molecule has 19 heavy (non-hydrogen) atoms. The third-order valence-electron chi connectivity index (χ3n) is 4.51. The van der Waals surface area contributed by atoms with E-state index in [1.807, 2.05) is 4.90 Å². The first-order valence-electron chi connectivity index (χ1n) is 7.36. The lowest BCUT2D eigenvalue weighted by molar-refractivity contribution is -0.146. The SMILES string of the molecule is CCC1CCCN1CC(=O)N1CCC(C(=O)O)CC1. The minimum atomic E-state index is -0.724. The highest BCUT2D eigenvalue weighted by molar-refractivity contribution is 5.79. The molecule has 0 saturated carbocycles. The third kappa shape index (κ3) is 3.47. The van der Waals surface area contributed by atoms with Crippen molar-refractivity contribution in [1.82, 2.24) is 9.80 Å². The summed E-state index contributed by atoms with van der Waals surface area (Å²) in [6.07, 6.45) is 4.68. The maximum Gasteiger partial charge on any atom is 0.306 e. The summed E-state index contributed by atoms with van der Waals surface area (Å²) in [5.74, 6) is -0.818. The monoisotopic (exact) mass is 268 g/mol. The number of hydrogen-bond acceptors (Lipinski definition) is 3. The molecule has 108 valence electrons. The molecular formula is C14H24N2O3. The van der Waals surface area contributed by atoms with Gasteiger partial charge in [0.25, 0.3) is 0 Å². The van der Waals surface area contributed by atoms with Crippen molar-refractivity contribution in [2.45, 2.75) is 45.1 Å². The summed E-state index contributed by atoms with van der Waals surface area (Å²) in [7, 11) is 0. The van der Waals surface area contributed by atoms with E-state index in [1.165, 1.54) is 12.8 Å². The molecule has 1 amide bonds. The molecular weight excluding hydrogens is 244 g/mol. The number of nitrogens with zero attached hydrogens (tertiary/aromatic N) is 2. The van der Waals surface area contributed by atoms with Crippen molar-refractivity contribution in [1.29, 1.82) is 0 Å². The number of carbonyl (C=O) groups excluding carboxylic acids is 1. The molecule has 0 aliphatic carbocycles. The predicted octanol–water partition coefficient (Wildman–Crippen LogP) is 1.18. The maximum atomic E-state index is 12.2. The van der Waals surface area contributed by atoms with Crippen molar-refractivity contribution in [3.05, 3.63) is 0 Å². The Balaban J connectivity index is 1.80. The molecule has 2 aliphatic rings. The van der Waals surface area contributed by atoms with Gasteiger partial charge >= 0.3 is 5.97 Å². The number of rotatable bonds is 4. The van der Waals surface area contributed by atoms with Gasteiger partial charge in [0.2, 0.25) is 5.91 Å². The van der Waals surface area contributed by atoms with Crippen LogP contribution in [0.15, 0.2) is 0 Å². The second-order valence-corrected chi connectivity index (χ2v) is 5.67. The van der Waals surface area contributed by atoms with Gasteiger partial charge in [-0.15, -0.1) is 0 Å². The van der Waals surface area contributed by atoms with Gasteiger partial charge in [0.05, 0.1) is 12.5 Å². The minimum Gasteiger partial charge on any atom is -0.481 e. The number of hydrogen-bond donors (Lipinski definition) is 1. The minimum absolute atomic E-state index is 0.171. The van der Waals surface area contributed by atoms with Crippen molar-refractivity contribution >= 4 is 11.9 Å². The van der Waals surface area contributed by atoms with E-state index >= 15 is 0 Å². The molecule has 0 spiro atoms. The van der Waals surface area contributed by atoms with Gasteiger partial charge in [0.15, 0.2) is 0 Å². The first kappa shape index (κ1) is 14.3. The van der Waals surface area contributed by atoms with E-state index in [4.69, 9.17) is 5.11 Å². The van der Waals surface area contributed by atoms with Crippen LogP contribution in [0.2, 0.25) is 0 Å².